The van der Waals surface area contributed by atoms with Crippen LogP contribution < -0.4 is 5.73 Å². The van der Waals surface area contributed by atoms with Gasteiger partial charge in [0.1, 0.15) is 0 Å². The Morgan fingerprint density at radius 1 is 1.33 bits per heavy atom. The number of nitrogens with two attached hydrogens (primary N) is 1. The minimum absolute atomic E-state index is 0.0801. The highest BCUT2D eigenvalue weighted by atomic mass is 32.2. The van der Waals surface area contributed by atoms with Crippen molar-refractivity contribution in [3.05, 3.63) is 29.3 Å². The highest BCUT2D eigenvalue weighted by Crippen LogP contribution is 2.35. The summed E-state index contributed by atoms with van der Waals surface area (Å²) < 4.78 is 38.4. The van der Waals surface area contributed by atoms with E-state index in [9.17, 15) is 18.3 Å². The molecule has 0 fully saturated rings. The van der Waals surface area contributed by atoms with Crippen LogP contribution >= 0.6 is 11.8 Å². The molecule has 0 aromatic heterocycles. The fourth-order valence-electron chi connectivity index (χ4n) is 1.38. The Hall–Kier alpha value is -0.720. The lowest BCUT2D eigenvalue weighted by Crippen LogP contribution is -2.15. The summed E-state index contributed by atoms with van der Waals surface area (Å²) in [6.45, 7) is 3.22. The molecule has 0 radical (unpaired) electrons. The molecule has 1 aromatic rings. The predicted molar refractivity (Wildman–Crippen MR) is 66.3 cm³/mol. The predicted octanol–water partition coefficient (Wildman–Crippen LogP) is 3.03. The zero-order valence-corrected chi connectivity index (χ0v) is 11.0. The molecule has 0 spiro atoms. The standard InChI is InChI=1S/C12H16F3NOS/c1-7(17)8(2)18-10-4-3-9(6-16)11(5-10)12(13,14)15/h3-5,7-8,17H,6,16H2,1-2H3. The van der Waals surface area contributed by atoms with Gasteiger partial charge in [0.05, 0.1) is 11.7 Å². The number of hydrogen-bond acceptors (Lipinski definition) is 3. The van der Waals surface area contributed by atoms with Crippen molar-refractivity contribution in [2.75, 3.05) is 0 Å². The average molecular weight is 279 g/mol. The van der Waals surface area contributed by atoms with Gasteiger partial charge in [0.2, 0.25) is 0 Å². The first-order valence-corrected chi connectivity index (χ1v) is 6.38. The zero-order chi connectivity index (χ0) is 13.9. The SMILES string of the molecule is CC(O)C(C)Sc1ccc(CN)c(C(F)(F)F)c1. The van der Waals surface area contributed by atoms with Crippen molar-refractivity contribution in [1.82, 2.24) is 0 Å². The van der Waals surface area contributed by atoms with Gasteiger partial charge in [-0.3, -0.25) is 0 Å². The lowest BCUT2D eigenvalue weighted by atomic mass is 10.1. The maximum Gasteiger partial charge on any atom is 0.416 e. The van der Waals surface area contributed by atoms with Crippen LogP contribution in [0.4, 0.5) is 13.2 Å². The molecule has 102 valence electrons. The molecule has 1 rings (SSSR count). The zero-order valence-electron chi connectivity index (χ0n) is 10.2. The highest BCUT2D eigenvalue weighted by molar-refractivity contribution is 8.00. The second kappa shape index (κ2) is 5.95. The fourth-order valence-corrected chi connectivity index (χ4v) is 2.34. The topological polar surface area (TPSA) is 46.2 Å². The summed E-state index contributed by atoms with van der Waals surface area (Å²) in [6, 6.07) is 4.08. The number of hydrogen-bond donors (Lipinski definition) is 2. The summed E-state index contributed by atoms with van der Waals surface area (Å²) in [6.07, 6.45) is -4.99. The smallest absolute Gasteiger partial charge is 0.392 e. The Kier molecular flexibility index (Phi) is 5.07. The molecule has 0 amide bonds. The van der Waals surface area contributed by atoms with Crippen molar-refractivity contribution in [2.45, 2.75) is 42.8 Å². The third-order valence-corrected chi connectivity index (χ3v) is 3.90. The molecular weight excluding hydrogens is 263 g/mol. The summed E-state index contributed by atoms with van der Waals surface area (Å²) in [7, 11) is 0. The molecule has 0 bridgehead atoms. The maximum atomic E-state index is 12.8. The fraction of sp³-hybridized carbons (Fsp3) is 0.500. The van der Waals surface area contributed by atoms with Crippen LogP contribution in [0.3, 0.4) is 0 Å². The van der Waals surface area contributed by atoms with E-state index in [1.807, 2.05) is 0 Å². The lowest BCUT2D eigenvalue weighted by molar-refractivity contribution is -0.138. The number of halogens is 3. The van der Waals surface area contributed by atoms with Gasteiger partial charge >= 0.3 is 6.18 Å². The van der Waals surface area contributed by atoms with Crippen LogP contribution in [0.5, 0.6) is 0 Å². The Balaban J connectivity index is 3.04. The largest absolute Gasteiger partial charge is 0.416 e. The van der Waals surface area contributed by atoms with Gasteiger partial charge in [-0.1, -0.05) is 13.0 Å². The van der Waals surface area contributed by atoms with Gasteiger partial charge in [-0.15, -0.1) is 11.8 Å². The van der Waals surface area contributed by atoms with Crippen LogP contribution in [-0.2, 0) is 12.7 Å². The van der Waals surface area contributed by atoms with E-state index >= 15 is 0 Å². The summed E-state index contributed by atoms with van der Waals surface area (Å²) in [5, 5.41) is 9.18. The van der Waals surface area contributed by atoms with Gasteiger partial charge in [-0.25, -0.2) is 0 Å². The Bertz CT molecular complexity index is 407. The second-order valence-corrected chi connectivity index (χ2v) is 5.54. The number of thioether (sulfide) groups is 1. The summed E-state index contributed by atoms with van der Waals surface area (Å²) in [4.78, 5) is 0.480. The minimum Gasteiger partial charge on any atom is -0.392 e. The number of rotatable bonds is 4. The third-order valence-electron chi connectivity index (χ3n) is 2.61. The first-order valence-electron chi connectivity index (χ1n) is 5.50. The number of aliphatic hydroxyl groups is 1. The van der Waals surface area contributed by atoms with E-state index in [-0.39, 0.29) is 17.4 Å². The molecule has 1 aromatic carbocycles. The molecular formula is C12H16F3NOS. The van der Waals surface area contributed by atoms with Crippen LogP contribution in [-0.4, -0.2) is 16.5 Å². The van der Waals surface area contributed by atoms with Gasteiger partial charge in [-0.2, -0.15) is 13.2 Å². The van der Waals surface area contributed by atoms with Crippen LogP contribution in [0.2, 0.25) is 0 Å². The number of benzene rings is 1. The summed E-state index contributed by atoms with van der Waals surface area (Å²) >= 11 is 1.21. The monoisotopic (exact) mass is 279 g/mol. The first-order chi connectivity index (χ1) is 8.25. The maximum absolute atomic E-state index is 12.8. The first kappa shape index (κ1) is 15.3. The molecule has 3 N–H and O–H groups in total. The quantitative estimate of drug-likeness (QED) is 0.833. The van der Waals surface area contributed by atoms with Gasteiger partial charge in [0.15, 0.2) is 0 Å². The van der Waals surface area contributed by atoms with E-state index in [2.05, 4.69) is 0 Å². The summed E-state index contributed by atoms with van der Waals surface area (Å²) in [5.41, 5.74) is 4.68. The molecule has 0 saturated heterocycles. The average Bonchev–Trinajstić information content (AvgIpc) is 2.27. The van der Waals surface area contributed by atoms with E-state index in [1.165, 1.54) is 17.8 Å². The Morgan fingerprint density at radius 2 is 1.94 bits per heavy atom. The van der Waals surface area contributed by atoms with Crippen molar-refractivity contribution in [1.29, 1.82) is 0 Å². The van der Waals surface area contributed by atoms with E-state index in [4.69, 9.17) is 5.73 Å². The normalized spacial score (nSPS) is 15.5. The van der Waals surface area contributed by atoms with E-state index in [1.54, 1.807) is 19.9 Å². The molecule has 18 heavy (non-hydrogen) atoms. The van der Waals surface area contributed by atoms with Gasteiger partial charge in [0.25, 0.3) is 0 Å². The highest BCUT2D eigenvalue weighted by Gasteiger charge is 2.33. The van der Waals surface area contributed by atoms with E-state index < -0.39 is 17.8 Å². The van der Waals surface area contributed by atoms with Crippen LogP contribution in [0.15, 0.2) is 23.1 Å². The van der Waals surface area contributed by atoms with Gasteiger partial charge in [0, 0.05) is 16.7 Å². The lowest BCUT2D eigenvalue weighted by Gasteiger charge is -2.17. The van der Waals surface area contributed by atoms with Crippen molar-refractivity contribution in [2.24, 2.45) is 5.73 Å². The van der Waals surface area contributed by atoms with Crippen molar-refractivity contribution >= 4 is 11.8 Å². The number of aliphatic hydroxyl groups excluding tert-OH is 1. The second-order valence-electron chi connectivity index (χ2n) is 4.08. The molecule has 0 aliphatic heterocycles. The Morgan fingerprint density at radius 3 is 2.39 bits per heavy atom. The van der Waals surface area contributed by atoms with Crippen molar-refractivity contribution < 1.29 is 18.3 Å². The van der Waals surface area contributed by atoms with Gasteiger partial charge < -0.3 is 10.8 Å². The van der Waals surface area contributed by atoms with Gasteiger partial charge in [-0.05, 0) is 24.6 Å². The van der Waals surface area contributed by atoms with Crippen molar-refractivity contribution in [3.63, 3.8) is 0 Å². The van der Waals surface area contributed by atoms with Crippen LogP contribution in [0.25, 0.3) is 0 Å². The third kappa shape index (κ3) is 3.90. The molecule has 2 nitrogen and oxygen atoms in total. The molecule has 0 aliphatic rings. The molecule has 2 unspecified atom stereocenters. The van der Waals surface area contributed by atoms with Crippen molar-refractivity contribution in [3.8, 4) is 0 Å². The molecule has 2 atom stereocenters. The number of alkyl halides is 3. The Labute approximate surface area is 108 Å². The molecule has 6 heteroatoms. The molecule has 0 heterocycles. The van der Waals surface area contributed by atoms with E-state index in [0.29, 0.717) is 4.90 Å². The minimum atomic E-state index is -4.40. The van der Waals surface area contributed by atoms with E-state index in [0.717, 1.165) is 6.07 Å². The molecule has 0 aliphatic carbocycles. The summed E-state index contributed by atoms with van der Waals surface area (Å²) in [5.74, 6) is 0. The molecule has 0 saturated carbocycles. The van der Waals surface area contributed by atoms with Crippen LogP contribution in [0.1, 0.15) is 25.0 Å². The van der Waals surface area contributed by atoms with Crippen LogP contribution in [0, 0.1) is 0 Å².